The molecule has 0 amide bonds. The van der Waals surface area contributed by atoms with Gasteiger partial charge in [0, 0.05) is 0 Å². The van der Waals surface area contributed by atoms with Crippen LogP contribution in [0.1, 0.15) is 0 Å². The average molecular weight is 179 g/mol. The van der Waals surface area contributed by atoms with Crippen LogP contribution in [0.15, 0.2) is 24.3 Å². The van der Waals surface area contributed by atoms with Crippen molar-refractivity contribution in [2.24, 2.45) is 0 Å². The molecule has 0 aliphatic rings. The van der Waals surface area contributed by atoms with Crippen LogP contribution in [0.4, 0.5) is 0 Å². The zero-order chi connectivity index (χ0) is 9.19. The van der Waals surface area contributed by atoms with E-state index in [1.807, 2.05) is 12.1 Å². The van der Waals surface area contributed by atoms with Crippen molar-refractivity contribution in [1.29, 1.82) is 0 Å². The van der Waals surface area contributed by atoms with Crippen molar-refractivity contribution in [2.75, 3.05) is 7.11 Å². The number of rotatable bonds is 2. The molecule has 2 heteroatoms. The highest BCUT2D eigenvalue weighted by Crippen LogP contribution is 2.09. The van der Waals surface area contributed by atoms with Crippen molar-refractivity contribution in [3.05, 3.63) is 30.8 Å². The smallest absolute Gasteiger partial charge is 0.118 e. The third-order valence-corrected chi connectivity index (χ3v) is 3.77. The highest BCUT2D eigenvalue weighted by atomic mass is 28.3. The first-order chi connectivity index (χ1) is 5.54. The van der Waals surface area contributed by atoms with E-state index in [2.05, 4.69) is 31.8 Å². The summed E-state index contributed by atoms with van der Waals surface area (Å²) in [6.45, 7) is 8.66. The summed E-state index contributed by atoms with van der Waals surface area (Å²) in [6, 6.07) is 8.21. The average Bonchev–Trinajstić information content (AvgIpc) is 2.03. The molecule has 65 valence electrons. The highest BCUT2D eigenvalue weighted by molar-refractivity contribution is 6.91. The molecule has 0 unspecified atom stereocenters. The van der Waals surface area contributed by atoms with Crippen LogP contribution in [0.3, 0.4) is 0 Å². The Balaban J connectivity index is 2.93. The van der Waals surface area contributed by atoms with Gasteiger partial charge in [-0.25, -0.2) is 0 Å². The second-order valence-corrected chi connectivity index (χ2v) is 7.96. The van der Waals surface area contributed by atoms with E-state index >= 15 is 0 Å². The van der Waals surface area contributed by atoms with E-state index < -0.39 is 8.07 Å². The normalized spacial score (nSPS) is 11.3. The maximum atomic E-state index is 5.08. The number of ether oxygens (including phenoxy) is 1. The van der Waals surface area contributed by atoms with Crippen molar-refractivity contribution in [2.45, 2.75) is 13.1 Å². The summed E-state index contributed by atoms with van der Waals surface area (Å²) in [6.07, 6.45) is 0. The van der Waals surface area contributed by atoms with Crippen LogP contribution in [0.25, 0.3) is 0 Å². The minimum Gasteiger partial charge on any atom is -0.497 e. The van der Waals surface area contributed by atoms with Crippen LogP contribution >= 0.6 is 0 Å². The molecule has 1 rings (SSSR count). The monoisotopic (exact) mass is 179 g/mol. The molecule has 0 aliphatic heterocycles. The third-order valence-electron chi connectivity index (χ3n) is 1.87. The summed E-state index contributed by atoms with van der Waals surface area (Å²) >= 11 is 0. The fourth-order valence-corrected chi connectivity index (χ4v) is 2.11. The molecule has 0 bridgehead atoms. The molecule has 12 heavy (non-hydrogen) atoms. The van der Waals surface area contributed by atoms with Gasteiger partial charge in [0.2, 0.25) is 0 Å². The maximum Gasteiger partial charge on any atom is 0.118 e. The second kappa shape index (κ2) is 3.31. The fourth-order valence-electron chi connectivity index (χ4n) is 1.04. The Morgan fingerprint density at radius 1 is 1.17 bits per heavy atom. The number of hydrogen-bond acceptors (Lipinski definition) is 1. The molecule has 0 atom stereocenters. The van der Waals surface area contributed by atoms with Crippen molar-refractivity contribution in [3.63, 3.8) is 0 Å². The minimum absolute atomic E-state index is 0.914. The van der Waals surface area contributed by atoms with Crippen LogP contribution in [0.2, 0.25) is 13.1 Å². The first kappa shape index (κ1) is 9.33. The zero-order valence-corrected chi connectivity index (χ0v) is 8.92. The molecule has 1 aromatic rings. The molecule has 0 saturated heterocycles. The molecule has 0 heterocycles. The van der Waals surface area contributed by atoms with E-state index in [1.165, 1.54) is 5.19 Å². The molecule has 0 N–H and O–H groups in total. The molecule has 1 nitrogen and oxygen atoms in total. The van der Waals surface area contributed by atoms with Crippen LogP contribution in [-0.2, 0) is 0 Å². The van der Waals surface area contributed by atoms with Crippen molar-refractivity contribution >= 4 is 13.3 Å². The van der Waals surface area contributed by atoms with Gasteiger partial charge in [-0.3, -0.25) is 0 Å². The summed E-state index contributed by atoms with van der Waals surface area (Å²) < 4.78 is 5.08. The minimum atomic E-state index is -1.37. The van der Waals surface area contributed by atoms with Gasteiger partial charge in [-0.05, 0) is 12.1 Å². The molecule has 0 aliphatic carbocycles. The SMILES string of the molecule is [CH2][Si](C)(C)c1ccc(OC)cc1. The maximum absolute atomic E-state index is 5.08. The van der Waals surface area contributed by atoms with Crippen molar-refractivity contribution in [3.8, 4) is 5.75 Å². The molecule has 1 radical (unpaired) electrons. The van der Waals surface area contributed by atoms with E-state index in [0.29, 0.717) is 0 Å². The van der Waals surface area contributed by atoms with E-state index in [1.54, 1.807) is 7.11 Å². The molecule has 0 fully saturated rings. The van der Waals surface area contributed by atoms with E-state index in [0.717, 1.165) is 5.75 Å². The summed E-state index contributed by atoms with van der Waals surface area (Å²) in [5, 5.41) is 1.36. The van der Waals surface area contributed by atoms with Gasteiger partial charge < -0.3 is 4.74 Å². The quantitative estimate of drug-likeness (QED) is 0.631. The molecule has 1 aromatic carbocycles. The largest absolute Gasteiger partial charge is 0.497 e. The van der Waals surface area contributed by atoms with Crippen LogP contribution in [-0.4, -0.2) is 15.2 Å². The Hall–Kier alpha value is -0.763. The van der Waals surface area contributed by atoms with Crippen LogP contribution in [0, 0.1) is 6.55 Å². The Kier molecular flexibility index (Phi) is 2.57. The summed E-state index contributed by atoms with van der Waals surface area (Å²) in [4.78, 5) is 0. The van der Waals surface area contributed by atoms with Gasteiger partial charge in [-0.1, -0.05) is 37.0 Å². The molecule has 0 spiro atoms. The third kappa shape index (κ3) is 2.11. The Labute approximate surface area is 75.4 Å². The lowest BCUT2D eigenvalue weighted by Gasteiger charge is -2.16. The van der Waals surface area contributed by atoms with Gasteiger partial charge in [0.05, 0.1) is 15.2 Å². The van der Waals surface area contributed by atoms with Gasteiger partial charge in [0.25, 0.3) is 0 Å². The van der Waals surface area contributed by atoms with Gasteiger partial charge in [-0.2, -0.15) is 0 Å². The summed E-state index contributed by atoms with van der Waals surface area (Å²) in [7, 11) is 0.308. The topological polar surface area (TPSA) is 9.23 Å². The number of benzene rings is 1. The summed E-state index contributed by atoms with van der Waals surface area (Å²) in [5.74, 6) is 0.914. The lowest BCUT2D eigenvalue weighted by Crippen LogP contribution is -2.38. The van der Waals surface area contributed by atoms with E-state index in [-0.39, 0.29) is 0 Å². The molecular formula is C10H15OSi. The van der Waals surface area contributed by atoms with E-state index in [9.17, 15) is 0 Å². The van der Waals surface area contributed by atoms with Crippen LogP contribution in [0.5, 0.6) is 5.75 Å². The number of hydrogen-bond donors (Lipinski definition) is 0. The molecular weight excluding hydrogens is 164 g/mol. The Bertz CT molecular complexity index is 246. The Morgan fingerprint density at radius 2 is 1.67 bits per heavy atom. The first-order valence-electron chi connectivity index (χ1n) is 4.04. The first-order valence-corrected chi connectivity index (χ1v) is 7.24. The zero-order valence-electron chi connectivity index (χ0n) is 7.92. The van der Waals surface area contributed by atoms with Crippen molar-refractivity contribution in [1.82, 2.24) is 0 Å². The van der Waals surface area contributed by atoms with E-state index in [4.69, 9.17) is 4.74 Å². The van der Waals surface area contributed by atoms with Gasteiger partial charge in [-0.15, -0.1) is 0 Å². The van der Waals surface area contributed by atoms with Gasteiger partial charge >= 0.3 is 0 Å². The summed E-state index contributed by atoms with van der Waals surface area (Å²) in [5.41, 5.74) is 0. The second-order valence-electron chi connectivity index (χ2n) is 3.61. The number of methoxy groups -OCH3 is 1. The van der Waals surface area contributed by atoms with Gasteiger partial charge in [0.15, 0.2) is 0 Å². The van der Waals surface area contributed by atoms with Crippen molar-refractivity contribution < 1.29 is 4.74 Å². The fraction of sp³-hybridized carbons (Fsp3) is 0.300. The van der Waals surface area contributed by atoms with Gasteiger partial charge in [0.1, 0.15) is 5.75 Å². The Morgan fingerprint density at radius 3 is 2.00 bits per heavy atom. The predicted molar refractivity (Wildman–Crippen MR) is 55.5 cm³/mol. The highest BCUT2D eigenvalue weighted by Gasteiger charge is 2.15. The lowest BCUT2D eigenvalue weighted by molar-refractivity contribution is 0.415. The predicted octanol–water partition coefficient (Wildman–Crippen LogP) is 1.98. The molecule has 0 aromatic heterocycles. The molecule has 0 saturated carbocycles. The van der Waals surface area contributed by atoms with Crippen LogP contribution < -0.4 is 9.92 Å². The lowest BCUT2D eigenvalue weighted by atomic mass is 10.3. The standard InChI is InChI=1S/C10H15OSi/c1-11-9-5-7-10(8-6-9)12(2,3)4/h5-8H,2H2,1,3-4H3.